The van der Waals surface area contributed by atoms with Crippen LogP contribution in [0.3, 0.4) is 0 Å². The summed E-state index contributed by atoms with van der Waals surface area (Å²) in [6.45, 7) is 4.16. The number of rotatable bonds is 4. The van der Waals surface area contributed by atoms with E-state index in [2.05, 4.69) is 9.88 Å². The van der Waals surface area contributed by atoms with Crippen molar-refractivity contribution in [3.63, 3.8) is 0 Å². The van der Waals surface area contributed by atoms with Gasteiger partial charge < -0.3 is 14.4 Å². The highest BCUT2D eigenvalue weighted by Gasteiger charge is 2.53. The number of amides is 1. The van der Waals surface area contributed by atoms with Gasteiger partial charge in [0.15, 0.2) is 11.5 Å². The molecule has 7 nitrogen and oxygen atoms in total. The SMILES string of the molecule is O=C1C2=C(OC3CCC(F)CC13)C(=O)N(CCN1CCOCC1)C2c1ccccn1. The second-order valence-corrected chi connectivity index (χ2v) is 8.39. The first kappa shape index (κ1) is 19.6. The van der Waals surface area contributed by atoms with E-state index in [-0.39, 0.29) is 23.9 Å². The number of halogens is 1. The molecule has 1 amide bonds. The largest absolute Gasteiger partial charge is 0.483 e. The average Bonchev–Trinajstić information content (AvgIpc) is 3.06. The normalized spacial score (nSPS) is 32.1. The molecule has 0 N–H and O–H groups in total. The molecule has 1 aromatic rings. The van der Waals surface area contributed by atoms with Crippen molar-refractivity contribution in [1.82, 2.24) is 14.8 Å². The molecule has 4 heterocycles. The first-order chi connectivity index (χ1) is 14.6. The molecular formula is C22H26FN3O4. The summed E-state index contributed by atoms with van der Waals surface area (Å²) in [7, 11) is 0. The Morgan fingerprint density at radius 2 is 1.97 bits per heavy atom. The molecular weight excluding hydrogens is 389 g/mol. The molecule has 0 bridgehead atoms. The van der Waals surface area contributed by atoms with Gasteiger partial charge >= 0.3 is 0 Å². The summed E-state index contributed by atoms with van der Waals surface area (Å²) in [5, 5.41) is 0. The summed E-state index contributed by atoms with van der Waals surface area (Å²) in [5.41, 5.74) is 0.997. The van der Waals surface area contributed by atoms with E-state index in [1.807, 2.05) is 12.1 Å². The predicted molar refractivity (Wildman–Crippen MR) is 105 cm³/mol. The Morgan fingerprint density at radius 1 is 1.13 bits per heavy atom. The molecule has 0 radical (unpaired) electrons. The fourth-order valence-electron chi connectivity index (χ4n) is 5.01. The third-order valence-corrected chi connectivity index (χ3v) is 6.61. The summed E-state index contributed by atoms with van der Waals surface area (Å²) < 4.78 is 25.5. The number of nitrogens with zero attached hydrogens (tertiary/aromatic N) is 3. The van der Waals surface area contributed by atoms with Crippen molar-refractivity contribution in [2.75, 3.05) is 39.4 Å². The second-order valence-electron chi connectivity index (χ2n) is 8.39. The number of morpholine rings is 1. The summed E-state index contributed by atoms with van der Waals surface area (Å²) in [6.07, 6.45) is 1.25. The van der Waals surface area contributed by atoms with E-state index in [1.54, 1.807) is 17.2 Å². The number of ketones is 1. The molecule has 4 aliphatic rings. The lowest BCUT2D eigenvalue weighted by Crippen LogP contribution is -2.43. The van der Waals surface area contributed by atoms with Gasteiger partial charge in [0, 0.05) is 32.4 Å². The second kappa shape index (κ2) is 8.07. The smallest absolute Gasteiger partial charge is 0.290 e. The van der Waals surface area contributed by atoms with Crippen LogP contribution in [-0.4, -0.2) is 78.1 Å². The molecule has 5 rings (SSSR count). The Kier molecular flexibility index (Phi) is 5.28. The standard InChI is InChI=1S/C22H26FN3O4/c23-14-4-5-17-15(13-14)20(27)18-19(16-3-1-2-6-24-16)26(22(28)21(18)30-17)8-7-25-9-11-29-12-10-25/h1-3,6,14-15,17,19H,4-5,7-13H2. The fraction of sp³-hybridized carbons (Fsp3) is 0.591. The molecule has 160 valence electrons. The molecule has 2 fully saturated rings. The van der Waals surface area contributed by atoms with Crippen molar-refractivity contribution in [2.24, 2.45) is 5.92 Å². The molecule has 4 atom stereocenters. The highest BCUT2D eigenvalue weighted by atomic mass is 19.1. The Bertz CT molecular complexity index is 855. The zero-order chi connectivity index (χ0) is 20.7. The monoisotopic (exact) mass is 415 g/mol. The van der Waals surface area contributed by atoms with Gasteiger partial charge in [0.25, 0.3) is 5.91 Å². The number of carbonyl (C=O) groups is 2. The van der Waals surface area contributed by atoms with Crippen molar-refractivity contribution >= 4 is 11.7 Å². The lowest BCUT2D eigenvalue weighted by Gasteiger charge is -2.36. The average molecular weight is 415 g/mol. The maximum absolute atomic E-state index is 14.0. The maximum atomic E-state index is 14.0. The van der Waals surface area contributed by atoms with Crippen molar-refractivity contribution in [1.29, 1.82) is 0 Å². The molecule has 1 saturated heterocycles. The van der Waals surface area contributed by atoms with Crippen LogP contribution in [0.5, 0.6) is 0 Å². The van der Waals surface area contributed by atoms with Crippen molar-refractivity contribution in [3.8, 4) is 0 Å². The van der Waals surface area contributed by atoms with E-state index in [0.717, 1.165) is 13.1 Å². The quantitative estimate of drug-likeness (QED) is 0.745. The van der Waals surface area contributed by atoms with E-state index >= 15 is 0 Å². The van der Waals surface area contributed by atoms with E-state index in [1.165, 1.54) is 0 Å². The lowest BCUT2D eigenvalue weighted by molar-refractivity contribution is -0.136. The number of fused-ring (bicyclic) bond motifs is 1. The van der Waals surface area contributed by atoms with Crippen molar-refractivity contribution in [3.05, 3.63) is 41.4 Å². The number of carbonyl (C=O) groups excluding carboxylic acids is 2. The van der Waals surface area contributed by atoms with E-state index in [9.17, 15) is 14.0 Å². The predicted octanol–water partition coefficient (Wildman–Crippen LogP) is 1.66. The summed E-state index contributed by atoms with van der Waals surface area (Å²) in [6, 6.07) is 4.90. The highest BCUT2D eigenvalue weighted by Crippen LogP contribution is 2.46. The zero-order valence-electron chi connectivity index (χ0n) is 16.8. The van der Waals surface area contributed by atoms with Crippen molar-refractivity contribution in [2.45, 2.75) is 37.6 Å². The van der Waals surface area contributed by atoms with Gasteiger partial charge in [-0.15, -0.1) is 0 Å². The molecule has 1 saturated carbocycles. The molecule has 30 heavy (non-hydrogen) atoms. The van der Waals surface area contributed by atoms with Gasteiger partial charge in [-0.05, 0) is 31.4 Å². The van der Waals surface area contributed by atoms with Crippen LogP contribution in [0.4, 0.5) is 4.39 Å². The Morgan fingerprint density at radius 3 is 2.73 bits per heavy atom. The first-order valence-corrected chi connectivity index (χ1v) is 10.7. The van der Waals surface area contributed by atoms with Gasteiger partial charge in [-0.25, -0.2) is 4.39 Å². The maximum Gasteiger partial charge on any atom is 0.290 e. The number of Topliss-reactive ketones (excluding diaryl/α,β-unsaturated/α-hetero) is 1. The van der Waals surface area contributed by atoms with Crippen molar-refractivity contribution < 1.29 is 23.5 Å². The minimum atomic E-state index is -0.997. The molecule has 4 unspecified atom stereocenters. The minimum Gasteiger partial charge on any atom is -0.483 e. The molecule has 8 heteroatoms. The van der Waals surface area contributed by atoms with Crippen LogP contribution in [0.2, 0.25) is 0 Å². The molecule has 1 aromatic heterocycles. The summed E-state index contributed by atoms with van der Waals surface area (Å²) >= 11 is 0. The van der Waals surface area contributed by atoms with Crippen LogP contribution in [-0.2, 0) is 19.1 Å². The van der Waals surface area contributed by atoms with Crippen LogP contribution in [0, 0.1) is 5.92 Å². The first-order valence-electron chi connectivity index (χ1n) is 10.7. The van der Waals surface area contributed by atoms with Crippen LogP contribution in [0.1, 0.15) is 31.0 Å². The molecule has 1 aliphatic carbocycles. The van der Waals surface area contributed by atoms with Gasteiger partial charge in [0.1, 0.15) is 18.3 Å². The third kappa shape index (κ3) is 3.41. The third-order valence-electron chi connectivity index (χ3n) is 6.61. The van der Waals surface area contributed by atoms with E-state index in [0.29, 0.717) is 50.4 Å². The summed E-state index contributed by atoms with van der Waals surface area (Å²) in [4.78, 5) is 35.1. The van der Waals surface area contributed by atoms with Crippen LogP contribution in [0.25, 0.3) is 0 Å². The number of hydrogen-bond donors (Lipinski definition) is 0. The van der Waals surface area contributed by atoms with Gasteiger partial charge in [-0.1, -0.05) is 6.07 Å². The minimum absolute atomic E-state index is 0.149. The van der Waals surface area contributed by atoms with Gasteiger partial charge in [0.2, 0.25) is 0 Å². The number of ether oxygens (including phenoxy) is 2. The summed E-state index contributed by atoms with van der Waals surface area (Å²) in [5.74, 6) is -0.786. The Balaban J connectivity index is 1.46. The van der Waals surface area contributed by atoms with Gasteiger partial charge in [-0.2, -0.15) is 0 Å². The Labute approximate surface area is 174 Å². The van der Waals surface area contributed by atoms with Crippen LogP contribution in [0.15, 0.2) is 35.7 Å². The number of aromatic nitrogens is 1. The van der Waals surface area contributed by atoms with E-state index in [4.69, 9.17) is 9.47 Å². The Hall–Kier alpha value is -2.32. The van der Waals surface area contributed by atoms with Crippen LogP contribution < -0.4 is 0 Å². The van der Waals surface area contributed by atoms with E-state index < -0.39 is 24.2 Å². The number of alkyl halides is 1. The van der Waals surface area contributed by atoms with Crippen LogP contribution >= 0.6 is 0 Å². The molecule has 0 aromatic carbocycles. The lowest BCUT2D eigenvalue weighted by atomic mass is 9.77. The zero-order valence-corrected chi connectivity index (χ0v) is 16.8. The highest BCUT2D eigenvalue weighted by molar-refractivity contribution is 6.11. The number of hydrogen-bond acceptors (Lipinski definition) is 6. The number of pyridine rings is 1. The van der Waals surface area contributed by atoms with Gasteiger partial charge in [-0.3, -0.25) is 19.5 Å². The molecule has 0 spiro atoms. The van der Waals surface area contributed by atoms with Gasteiger partial charge in [0.05, 0.1) is 30.4 Å². The molecule has 3 aliphatic heterocycles. The fourth-order valence-corrected chi connectivity index (χ4v) is 5.01. The topological polar surface area (TPSA) is 72.0 Å².